The first-order chi connectivity index (χ1) is 11.6. The van der Waals surface area contributed by atoms with E-state index in [1.807, 2.05) is 58.3 Å². The largest absolute Gasteiger partial charge is 0.392 e. The van der Waals surface area contributed by atoms with Gasteiger partial charge in [0.15, 0.2) is 0 Å². The van der Waals surface area contributed by atoms with Gasteiger partial charge in [-0.2, -0.15) is 0 Å². The Kier molecular flexibility index (Phi) is 5.33. The van der Waals surface area contributed by atoms with Crippen molar-refractivity contribution in [2.24, 2.45) is 0 Å². The molecule has 1 unspecified atom stereocenters. The summed E-state index contributed by atoms with van der Waals surface area (Å²) in [4.78, 5) is 16.6. The third-order valence-electron chi connectivity index (χ3n) is 4.44. The molecule has 1 amide bonds. The summed E-state index contributed by atoms with van der Waals surface area (Å²) in [6, 6.07) is 12.1. The van der Waals surface area contributed by atoms with Crippen LogP contribution in [0.3, 0.4) is 0 Å². The SMILES string of the molecule is CC(O)CN1CCN(C(=O)Cc2ccc(-n3cccc3)cc2)CC1. The number of carbonyl (C=O) groups is 1. The highest BCUT2D eigenvalue weighted by atomic mass is 16.3. The van der Waals surface area contributed by atoms with E-state index in [0.717, 1.165) is 37.4 Å². The van der Waals surface area contributed by atoms with Crippen LogP contribution in [0.15, 0.2) is 48.8 Å². The Bertz CT molecular complexity index is 642. The molecule has 1 aliphatic heterocycles. The molecule has 3 rings (SSSR count). The minimum atomic E-state index is -0.314. The van der Waals surface area contributed by atoms with Crippen molar-refractivity contribution >= 4 is 5.91 Å². The molecular weight excluding hydrogens is 302 g/mol. The van der Waals surface area contributed by atoms with Gasteiger partial charge in [-0.05, 0) is 36.8 Å². The Balaban J connectivity index is 1.52. The minimum Gasteiger partial charge on any atom is -0.392 e. The molecule has 1 aliphatic rings. The molecule has 0 spiro atoms. The zero-order chi connectivity index (χ0) is 16.9. The predicted octanol–water partition coefficient (Wildman–Crippen LogP) is 1.54. The Hall–Kier alpha value is -2.11. The van der Waals surface area contributed by atoms with Gasteiger partial charge in [-0.15, -0.1) is 0 Å². The molecule has 128 valence electrons. The summed E-state index contributed by atoms with van der Waals surface area (Å²) in [6.07, 6.45) is 4.15. The summed E-state index contributed by atoms with van der Waals surface area (Å²) in [5, 5.41) is 9.44. The number of aliphatic hydroxyl groups is 1. The highest BCUT2D eigenvalue weighted by molar-refractivity contribution is 5.79. The number of carbonyl (C=O) groups excluding carboxylic acids is 1. The standard InChI is InChI=1S/C19H25N3O2/c1-16(23)15-20-10-12-22(13-11-20)19(24)14-17-4-6-18(7-5-17)21-8-2-3-9-21/h2-9,16,23H,10-15H2,1H3. The summed E-state index contributed by atoms with van der Waals surface area (Å²) in [5.74, 6) is 0.181. The highest BCUT2D eigenvalue weighted by Crippen LogP contribution is 2.12. The first kappa shape index (κ1) is 16.7. The first-order valence-electron chi connectivity index (χ1n) is 8.52. The predicted molar refractivity (Wildman–Crippen MR) is 94.2 cm³/mol. The van der Waals surface area contributed by atoms with Crippen LogP contribution in [0, 0.1) is 0 Å². The number of rotatable bonds is 5. The van der Waals surface area contributed by atoms with Crippen molar-refractivity contribution in [2.75, 3.05) is 32.7 Å². The molecule has 0 radical (unpaired) electrons. The van der Waals surface area contributed by atoms with E-state index in [1.54, 1.807) is 6.92 Å². The molecule has 0 bridgehead atoms. The highest BCUT2D eigenvalue weighted by Gasteiger charge is 2.21. The Labute approximate surface area is 143 Å². The molecule has 1 saturated heterocycles. The van der Waals surface area contributed by atoms with Crippen molar-refractivity contribution in [1.29, 1.82) is 0 Å². The number of hydrogen-bond donors (Lipinski definition) is 1. The van der Waals surface area contributed by atoms with E-state index >= 15 is 0 Å². The zero-order valence-corrected chi connectivity index (χ0v) is 14.1. The second-order valence-corrected chi connectivity index (χ2v) is 6.46. The van der Waals surface area contributed by atoms with Gasteiger partial charge in [0.05, 0.1) is 12.5 Å². The summed E-state index contributed by atoms with van der Waals surface area (Å²) < 4.78 is 2.05. The van der Waals surface area contributed by atoms with Crippen LogP contribution >= 0.6 is 0 Å². The molecule has 1 fully saturated rings. The van der Waals surface area contributed by atoms with Crippen molar-refractivity contribution in [3.8, 4) is 5.69 Å². The monoisotopic (exact) mass is 327 g/mol. The molecule has 24 heavy (non-hydrogen) atoms. The van der Waals surface area contributed by atoms with E-state index in [0.29, 0.717) is 13.0 Å². The maximum atomic E-state index is 12.5. The number of amides is 1. The topological polar surface area (TPSA) is 48.7 Å². The van der Waals surface area contributed by atoms with E-state index in [1.165, 1.54) is 0 Å². The molecule has 5 heteroatoms. The molecule has 0 aliphatic carbocycles. The summed E-state index contributed by atoms with van der Waals surface area (Å²) >= 11 is 0. The van der Waals surface area contributed by atoms with E-state index in [9.17, 15) is 9.90 Å². The van der Waals surface area contributed by atoms with Crippen LogP contribution in [0.1, 0.15) is 12.5 Å². The van der Waals surface area contributed by atoms with Gasteiger partial charge in [-0.3, -0.25) is 9.69 Å². The minimum absolute atomic E-state index is 0.181. The number of piperazine rings is 1. The van der Waals surface area contributed by atoms with Gasteiger partial charge >= 0.3 is 0 Å². The van der Waals surface area contributed by atoms with Crippen LogP contribution in [-0.4, -0.2) is 64.2 Å². The van der Waals surface area contributed by atoms with Gasteiger partial charge in [0.2, 0.25) is 5.91 Å². The van der Waals surface area contributed by atoms with Crippen LogP contribution < -0.4 is 0 Å². The third-order valence-corrected chi connectivity index (χ3v) is 4.44. The van der Waals surface area contributed by atoms with Crippen molar-refractivity contribution < 1.29 is 9.90 Å². The number of aliphatic hydroxyl groups excluding tert-OH is 1. The maximum Gasteiger partial charge on any atom is 0.227 e. The number of aromatic nitrogens is 1. The van der Waals surface area contributed by atoms with E-state index in [2.05, 4.69) is 4.90 Å². The van der Waals surface area contributed by atoms with Crippen LogP contribution in [0.25, 0.3) is 5.69 Å². The van der Waals surface area contributed by atoms with E-state index in [4.69, 9.17) is 0 Å². The molecule has 1 aromatic heterocycles. The molecule has 1 aromatic carbocycles. The fraction of sp³-hybridized carbons (Fsp3) is 0.421. The van der Waals surface area contributed by atoms with Crippen molar-refractivity contribution in [3.05, 3.63) is 54.4 Å². The average Bonchev–Trinajstić information content (AvgIpc) is 3.10. The summed E-state index contributed by atoms with van der Waals surface area (Å²) in [6.45, 7) is 5.64. The molecule has 2 heterocycles. The fourth-order valence-corrected chi connectivity index (χ4v) is 3.13. The lowest BCUT2D eigenvalue weighted by molar-refractivity contribution is -0.132. The summed E-state index contributed by atoms with van der Waals surface area (Å²) in [5.41, 5.74) is 2.14. The molecule has 0 saturated carbocycles. The number of benzene rings is 1. The molecule has 1 atom stereocenters. The Morgan fingerprint density at radius 3 is 2.29 bits per heavy atom. The second-order valence-electron chi connectivity index (χ2n) is 6.46. The Morgan fingerprint density at radius 2 is 1.71 bits per heavy atom. The van der Waals surface area contributed by atoms with Crippen molar-refractivity contribution in [2.45, 2.75) is 19.4 Å². The summed E-state index contributed by atoms with van der Waals surface area (Å²) in [7, 11) is 0. The zero-order valence-electron chi connectivity index (χ0n) is 14.1. The molecule has 2 aromatic rings. The quantitative estimate of drug-likeness (QED) is 0.906. The number of nitrogens with zero attached hydrogens (tertiary/aromatic N) is 3. The molecule has 1 N–H and O–H groups in total. The van der Waals surface area contributed by atoms with Crippen molar-refractivity contribution in [1.82, 2.24) is 14.4 Å². The second kappa shape index (κ2) is 7.64. The van der Waals surface area contributed by atoms with E-state index in [-0.39, 0.29) is 12.0 Å². The smallest absolute Gasteiger partial charge is 0.227 e. The van der Waals surface area contributed by atoms with Gasteiger partial charge in [-0.25, -0.2) is 0 Å². The average molecular weight is 327 g/mol. The van der Waals surface area contributed by atoms with E-state index < -0.39 is 0 Å². The van der Waals surface area contributed by atoms with Gasteiger partial charge in [0, 0.05) is 50.8 Å². The Morgan fingerprint density at radius 1 is 1.08 bits per heavy atom. The van der Waals surface area contributed by atoms with Crippen LogP contribution in [0.4, 0.5) is 0 Å². The van der Waals surface area contributed by atoms with Gasteiger partial charge in [0.1, 0.15) is 0 Å². The molecular formula is C19H25N3O2. The molecule has 5 nitrogen and oxygen atoms in total. The maximum absolute atomic E-state index is 12.5. The van der Waals surface area contributed by atoms with Crippen LogP contribution in [-0.2, 0) is 11.2 Å². The van der Waals surface area contributed by atoms with Gasteiger partial charge in [0.25, 0.3) is 0 Å². The van der Waals surface area contributed by atoms with Crippen LogP contribution in [0.2, 0.25) is 0 Å². The van der Waals surface area contributed by atoms with Crippen LogP contribution in [0.5, 0.6) is 0 Å². The number of β-amino-alcohol motifs (C(OH)–C–C–N with tert-alkyl or cyclic N) is 1. The van der Waals surface area contributed by atoms with Gasteiger partial charge < -0.3 is 14.6 Å². The third kappa shape index (κ3) is 4.24. The van der Waals surface area contributed by atoms with Crippen molar-refractivity contribution in [3.63, 3.8) is 0 Å². The normalized spacial score (nSPS) is 17.0. The first-order valence-corrected chi connectivity index (χ1v) is 8.52. The lowest BCUT2D eigenvalue weighted by atomic mass is 10.1. The number of hydrogen-bond acceptors (Lipinski definition) is 3. The van der Waals surface area contributed by atoms with Gasteiger partial charge in [-0.1, -0.05) is 12.1 Å². The lowest BCUT2D eigenvalue weighted by Gasteiger charge is -2.35. The lowest BCUT2D eigenvalue weighted by Crippen LogP contribution is -2.50. The fourth-order valence-electron chi connectivity index (χ4n) is 3.13.